The van der Waals surface area contributed by atoms with E-state index in [2.05, 4.69) is 18.8 Å². The first-order valence-electron chi connectivity index (χ1n) is 6.51. The Morgan fingerprint density at radius 2 is 2.06 bits per heavy atom. The number of nitrogens with two attached hydrogens (primary N) is 1. The Balaban J connectivity index is 2.59. The van der Waals surface area contributed by atoms with Gasteiger partial charge in [0.15, 0.2) is 0 Å². The van der Waals surface area contributed by atoms with Crippen LogP contribution in [0.25, 0.3) is 0 Å². The summed E-state index contributed by atoms with van der Waals surface area (Å²) in [5.74, 6) is 1.72. The molecule has 0 fully saturated rings. The maximum Gasteiger partial charge on any atom is 0.138 e. The Hall–Kier alpha value is -0.740. The van der Waals surface area contributed by atoms with Crippen LogP contribution in [-0.4, -0.2) is 22.1 Å². The molecule has 2 unspecified atom stereocenters. The van der Waals surface area contributed by atoms with Crippen LogP contribution < -0.4 is 10.5 Å². The summed E-state index contributed by atoms with van der Waals surface area (Å²) in [4.78, 5) is 4.19. The second-order valence-corrected chi connectivity index (χ2v) is 6.25. The van der Waals surface area contributed by atoms with Gasteiger partial charge in [-0.2, -0.15) is 11.8 Å². The van der Waals surface area contributed by atoms with Crippen molar-refractivity contribution < 1.29 is 4.74 Å². The maximum absolute atomic E-state index is 6.18. The van der Waals surface area contributed by atoms with Gasteiger partial charge in [-0.05, 0) is 31.9 Å². The van der Waals surface area contributed by atoms with Crippen molar-refractivity contribution in [2.45, 2.75) is 51.5 Å². The first kappa shape index (κ1) is 15.3. The number of rotatable bonds is 7. The average molecular weight is 268 g/mol. The second kappa shape index (κ2) is 7.64. The van der Waals surface area contributed by atoms with Crippen molar-refractivity contribution in [1.82, 2.24) is 4.98 Å². The van der Waals surface area contributed by atoms with Crippen LogP contribution in [0, 0.1) is 0 Å². The molecule has 0 spiro atoms. The van der Waals surface area contributed by atoms with Crippen LogP contribution in [0.15, 0.2) is 18.5 Å². The Morgan fingerprint density at radius 1 is 1.33 bits per heavy atom. The summed E-state index contributed by atoms with van der Waals surface area (Å²) in [5, 5.41) is 0.652. The summed E-state index contributed by atoms with van der Waals surface area (Å²) < 4.78 is 5.63. The molecule has 0 aliphatic rings. The molecule has 1 heterocycles. The minimum Gasteiger partial charge on any atom is -0.489 e. The van der Waals surface area contributed by atoms with E-state index in [0.29, 0.717) is 5.25 Å². The van der Waals surface area contributed by atoms with Gasteiger partial charge in [-0.25, -0.2) is 0 Å². The van der Waals surface area contributed by atoms with Crippen molar-refractivity contribution >= 4 is 11.8 Å². The normalized spacial score (nSPS) is 14.6. The van der Waals surface area contributed by atoms with Gasteiger partial charge in [0, 0.05) is 23.2 Å². The van der Waals surface area contributed by atoms with Gasteiger partial charge in [0.05, 0.1) is 12.3 Å². The van der Waals surface area contributed by atoms with Crippen LogP contribution in [-0.2, 0) is 0 Å². The van der Waals surface area contributed by atoms with Gasteiger partial charge in [0.1, 0.15) is 5.75 Å². The fourth-order valence-electron chi connectivity index (χ4n) is 1.46. The van der Waals surface area contributed by atoms with Crippen molar-refractivity contribution in [1.29, 1.82) is 0 Å². The second-order valence-electron chi connectivity index (χ2n) is 4.78. The molecular weight excluding hydrogens is 244 g/mol. The lowest BCUT2D eigenvalue weighted by Crippen LogP contribution is -2.15. The summed E-state index contributed by atoms with van der Waals surface area (Å²) in [6.45, 7) is 8.44. The molecule has 1 aromatic rings. The molecule has 1 aromatic heterocycles. The van der Waals surface area contributed by atoms with Crippen LogP contribution in [0.3, 0.4) is 0 Å². The maximum atomic E-state index is 6.18. The van der Waals surface area contributed by atoms with E-state index < -0.39 is 0 Å². The molecule has 0 aromatic carbocycles. The van der Waals surface area contributed by atoms with E-state index in [1.54, 1.807) is 6.20 Å². The van der Waals surface area contributed by atoms with E-state index in [4.69, 9.17) is 10.5 Å². The third-order valence-electron chi connectivity index (χ3n) is 2.67. The van der Waals surface area contributed by atoms with Crippen LogP contribution in [0.4, 0.5) is 0 Å². The zero-order chi connectivity index (χ0) is 13.5. The zero-order valence-corrected chi connectivity index (χ0v) is 12.5. The highest BCUT2D eigenvalue weighted by atomic mass is 32.2. The van der Waals surface area contributed by atoms with Crippen LogP contribution in [0.5, 0.6) is 5.75 Å². The summed E-state index contributed by atoms with van der Waals surface area (Å²) >= 11 is 1.91. The summed E-state index contributed by atoms with van der Waals surface area (Å²) in [5.41, 5.74) is 7.23. The van der Waals surface area contributed by atoms with Gasteiger partial charge in [-0.1, -0.05) is 13.8 Å². The number of hydrogen-bond acceptors (Lipinski definition) is 4. The lowest BCUT2D eigenvalue weighted by molar-refractivity contribution is 0.241. The van der Waals surface area contributed by atoms with Crippen molar-refractivity contribution in [3.63, 3.8) is 0 Å². The number of ether oxygens (including phenoxy) is 1. The molecule has 2 atom stereocenters. The Kier molecular flexibility index (Phi) is 6.50. The monoisotopic (exact) mass is 268 g/mol. The van der Waals surface area contributed by atoms with Crippen LogP contribution in [0.1, 0.15) is 45.7 Å². The first-order valence-corrected chi connectivity index (χ1v) is 7.56. The molecule has 2 N–H and O–H groups in total. The smallest absolute Gasteiger partial charge is 0.138 e. The molecule has 0 saturated heterocycles. The molecule has 4 heteroatoms. The van der Waals surface area contributed by atoms with Crippen molar-refractivity contribution in [3.8, 4) is 5.75 Å². The van der Waals surface area contributed by atoms with Crippen LogP contribution >= 0.6 is 11.8 Å². The SMILES string of the molecule is CCC(C)SCC(N)c1cncc(OC(C)C)c1. The van der Waals surface area contributed by atoms with E-state index in [9.17, 15) is 0 Å². The molecule has 0 bridgehead atoms. The molecule has 1 rings (SSSR count). The quantitative estimate of drug-likeness (QED) is 0.823. The molecule has 18 heavy (non-hydrogen) atoms. The van der Waals surface area contributed by atoms with Gasteiger partial charge in [0.25, 0.3) is 0 Å². The van der Waals surface area contributed by atoms with Gasteiger partial charge in [-0.3, -0.25) is 4.98 Å². The van der Waals surface area contributed by atoms with E-state index in [0.717, 1.165) is 17.1 Å². The third-order valence-corrected chi connectivity index (χ3v) is 4.12. The molecule has 0 aliphatic carbocycles. The van der Waals surface area contributed by atoms with Gasteiger partial charge in [0.2, 0.25) is 0 Å². The van der Waals surface area contributed by atoms with Gasteiger partial charge in [-0.15, -0.1) is 0 Å². The van der Waals surface area contributed by atoms with Crippen LogP contribution in [0.2, 0.25) is 0 Å². The molecule has 0 saturated carbocycles. The number of hydrogen-bond donors (Lipinski definition) is 1. The summed E-state index contributed by atoms with van der Waals surface area (Å²) in [7, 11) is 0. The summed E-state index contributed by atoms with van der Waals surface area (Å²) in [6, 6.07) is 2.02. The molecular formula is C14H24N2OS. The van der Waals surface area contributed by atoms with E-state index in [1.165, 1.54) is 6.42 Å². The Bertz CT molecular complexity index is 357. The van der Waals surface area contributed by atoms with Gasteiger partial charge >= 0.3 is 0 Å². The number of thioether (sulfide) groups is 1. The van der Waals surface area contributed by atoms with E-state index in [1.807, 2.05) is 37.9 Å². The Labute approximate surface area is 115 Å². The fourth-order valence-corrected chi connectivity index (χ4v) is 2.42. The zero-order valence-electron chi connectivity index (χ0n) is 11.7. The molecule has 0 radical (unpaired) electrons. The predicted octanol–water partition coefficient (Wildman–Crippen LogP) is 3.40. The standard InChI is InChI=1S/C14H24N2OS/c1-5-11(4)18-9-14(15)12-6-13(8-16-7-12)17-10(2)3/h6-8,10-11,14H,5,9,15H2,1-4H3. The van der Waals surface area contributed by atoms with E-state index in [-0.39, 0.29) is 12.1 Å². The van der Waals surface area contributed by atoms with Crippen molar-refractivity contribution in [2.75, 3.05) is 5.75 Å². The predicted molar refractivity (Wildman–Crippen MR) is 79.1 cm³/mol. The fraction of sp³-hybridized carbons (Fsp3) is 0.643. The number of nitrogens with zero attached hydrogens (tertiary/aromatic N) is 1. The minimum absolute atomic E-state index is 0.0206. The van der Waals surface area contributed by atoms with Crippen molar-refractivity contribution in [2.24, 2.45) is 5.73 Å². The summed E-state index contributed by atoms with van der Waals surface area (Å²) in [6.07, 6.45) is 4.90. The lowest BCUT2D eigenvalue weighted by atomic mass is 10.1. The number of aromatic nitrogens is 1. The van der Waals surface area contributed by atoms with E-state index >= 15 is 0 Å². The topological polar surface area (TPSA) is 48.1 Å². The minimum atomic E-state index is 0.0206. The highest BCUT2D eigenvalue weighted by Gasteiger charge is 2.10. The molecule has 102 valence electrons. The number of pyridine rings is 1. The van der Waals surface area contributed by atoms with Gasteiger partial charge < -0.3 is 10.5 Å². The molecule has 0 aliphatic heterocycles. The largest absolute Gasteiger partial charge is 0.489 e. The first-order chi connectivity index (χ1) is 8.52. The lowest BCUT2D eigenvalue weighted by Gasteiger charge is -2.16. The highest BCUT2D eigenvalue weighted by Crippen LogP contribution is 2.23. The highest BCUT2D eigenvalue weighted by molar-refractivity contribution is 7.99. The van der Waals surface area contributed by atoms with Crippen molar-refractivity contribution in [3.05, 3.63) is 24.0 Å². The third kappa shape index (κ3) is 5.27. The molecule has 0 amide bonds. The molecule has 3 nitrogen and oxygen atoms in total. The Morgan fingerprint density at radius 3 is 2.67 bits per heavy atom. The average Bonchev–Trinajstić information content (AvgIpc) is 2.35.